The van der Waals surface area contributed by atoms with Crippen molar-refractivity contribution in [1.82, 2.24) is 9.88 Å². The van der Waals surface area contributed by atoms with Crippen molar-refractivity contribution in [3.63, 3.8) is 0 Å². The second kappa shape index (κ2) is 10.1. The van der Waals surface area contributed by atoms with Gasteiger partial charge in [0.15, 0.2) is 5.75 Å². The van der Waals surface area contributed by atoms with Crippen LogP contribution in [-0.4, -0.2) is 48.9 Å². The van der Waals surface area contributed by atoms with Gasteiger partial charge in [0.1, 0.15) is 17.1 Å². The highest BCUT2D eigenvalue weighted by molar-refractivity contribution is 7.88. The zero-order valence-corrected chi connectivity index (χ0v) is 23.1. The van der Waals surface area contributed by atoms with Gasteiger partial charge in [-0.1, -0.05) is 6.92 Å². The molecular weight excluding hydrogens is 565 g/mol. The monoisotopic (exact) mass is 595 g/mol. The lowest BCUT2D eigenvalue weighted by atomic mass is 10.0. The molecule has 15 heteroatoms. The number of anilines is 1. The first kappa shape index (κ1) is 29.9. The first-order chi connectivity index (χ1) is 18.4. The minimum absolute atomic E-state index is 0.0555. The Labute approximate surface area is 227 Å². The smallest absolute Gasteiger partial charge is 0.444 e. The number of hydrogen-bond acceptors (Lipinski definition) is 7. The molecule has 0 spiro atoms. The number of nitrogens with zero attached hydrogens (tertiary/aromatic N) is 2. The van der Waals surface area contributed by atoms with E-state index in [1.807, 2.05) is 0 Å². The van der Waals surface area contributed by atoms with E-state index >= 15 is 8.78 Å². The summed E-state index contributed by atoms with van der Waals surface area (Å²) in [5.41, 5.74) is -9.58. The number of alkyl halides is 4. The standard InChI is InChI=1S/C25H30F5N3O6S/c1-5-24(27)8-9-32(13-24)21-16(12-31-22(35)38-23(2,3)4)20-15(10-17(21)26)18(39-40(36,37)25(28,29)30)11-19(34)33(20)14-6-7-14/h10-11,14H,5-9,12-13H2,1-4H3,(H,31,35). The van der Waals surface area contributed by atoms with Gasteiger partial charge in [-0.25, -0.2) is 13.6 Å². The molecule has 0 radical (unpaired) electrons. The SMILES string of the molecule is CCC1(F)CCN(c2c(F)cc3c(OS(=O)(=O)C(F)(F)F)cc(=O)n(C4CC4)c3c2CNC(=O)OC(C)(C)C)C1. The lowest BCUT2D eigenvalue weighted by molar-refractivity contribution is -0.0499. The molecule has 2 heterocycles. The van der Waals surface area contributed by atoms with Crippen LogP contribution in [0.3, 0.4) is 0 Å². The molecule has 1 saturated carbocycles. The minimum Gasteiger partial charge on any atom is -0.444 e. The maximum Gasteiger partial charge on any atom is 0.534 e. The Hall–Kier alpha value is -3.10. The summed E-state index contributed by atoms with van der Waals surface area (Å²) in [4.78, 5) is 27.1. The van der Waals surface area contributed by atoms with Gasteiger partial charge in [0.2, 0.25) is 0 Å². The number of aromatic nitrogens is 1. The molecular formula is C25H30F5N3O6S. The molecule has 222 valence electrons. The second-order valence-electron chi connectivity index (χ2n) is 11.0. The van der Waals surface area contributed by atoms with Gasteiger partial charge < -0.3 is 23.7 Å². The Morgan fingerprint density at radius 2 is 1.85 bits per heavy atom. The number of ether oxygens (including phenoxy) is 1. The van der Waals surface area contributed by atoms with Crippen LogP contribution in [-0.2, 0) is 21.4 Å². The highest BCUT2D eigenvalue weighted by Gasteiger charge is 2.49. The van der Waals surface area contributed by atoms with Gasteiger partial charge in [0.25, 0.3) is 5.56 Å². The summed E-state index contributed by atoms with van der Waals surface area (Å²) in [5, 5.41) is 2.04. The summed E-state index contributed by atoms with van der Waals surface area (Å²) < 4.78 is 105. The lowest BCUT2D eigenvalue weighted by Gasteiger charge is -2.27. The van der Waals surface area contributed by atoms with E-state index in [4.69, 9.17) is 4.74 Å². The van der Waals surface area contributed by atoms with Gasteiger partial charge in [-0.15, -0.1) is 0 Å². The van der Waals surface area contributed by atoms with Gasteiger partial charge in [-0.3, -0.25) is 4.79 Å². The normalized spacial score (nSPS) is 20.2. The molecule has 0 bridgehead atoms. The first-order valence-electron chi connectivity index (χ1n) is 12.7. The highest BCUT2D eigenvalue weighted by Crippen LogP contribution is 2.44. The van der Waals surface area contributed by atoms with Crippen LogP contribution in [0.2, 0.25) is 0 Å². The second-order valence-corrected chi connectivity index (χ2v) is 12.6. The minimum atomic E-state index is -6.21. The van der Waals surface area contributed by atoms with E-state index in [0.29, 0.717) is 18.9 Å². The fourth-order valence-electron chi connectivity index (χ4n) is 4.74. The molecule has 2 aromatic rings. The fourth-order valence-corrected chi connectivity index (χ4v) is 5.21. The number of carbonyl (C=O) groups excluding carboxylic acids is 1. The number of rotatable bonds is 7. The van der Waals surface area contributed by atoms with Crippen LogP contribution in [0, 0.1) is 5.82 Å². The number of carbonyl (C=O) groups is 1. The molecule has 1 aliphatic carbocycles. The van der Waals surface area contributed by atoms with Gasteiger partial charge in [-0.2, -0.15) is 21.6 Å². The third-order valence-electron chi connectivity index (χ3n) is 6.78. The molecule has 1 N–H and O–H groups in total. The van der Waals surface area contributed by atoms with E-state index < -0.39 is 68.1 Å². The number of alkyl carbamates (subject to hydrolysis) is 1. The highest BCUT2D eigenvalue weighted by atomic mass is 32.2. The average molecular weight is 596 g/mol. The van der Waals surface area contributed by atoms with E-state index in [2.05, 4.69) is 9.50 Å². The Bertz CT molecular complexity index is 1500. The van der Waals surface area contributed by atoms with Crippen molar-refractivity contribution in [2.24, 2.45) is 0 Å². The summed E-state index contributed by atoms with van der Waals surface area (Å²) in [5.74, 6) is -2.04. The van der Waals surface area contributed by atoms with Crippen LogP contribution in [0.15, 0.2) is 16.9 Å². The summed E-state index contributed by atoms with van der Waals surface area (Å²) in [7, 11) is -6.21. The molecule has 1 atom stereocenters. The first-order valence-corrected chi connectivity index (χ1v) is 14.1. The number of hydrogen-bond donors (Lipinski definition) is 1. The summed E-state index contributed by atoms with van der Waals surface area (Å²) in [6, 6.07) is 0.926. The maximum absolute atomic E-state index is 15.9. The van der Waals surface area contributed by atoms with Gasteiger partial charge in [0.05, 0.1) is 24.3 Å². The Kier molecular flexibility index (Phi) is 7.52. The van der Waals surface area contributed by atoms with Crippen molar-refractivity contribution < 1.29 is 44.1 Å². The van der Waals surface area contributed by atoms with Crippen molar-refractivity contribution in [3.8, 4) is 5.75 Å². The molecule has 1 aliphatic heterocycles. The third kappa shape index (κ3) is 5.98. The fraction of sp³-hybridized carbons (Fsp3) is 0.600. The molecule has 9 nitrogen and oxygen atoms in total. The molecule has 2 aliphatic rings. The molecule has 1 saturated heterocycles. The molecule has 4 rings (SSSR count). The zero-order chi connectivity index (χ0) is 29.8. The van der Waals surface area contributed by atoms with Crippen molar-refractivity contribution in [3.05, 3.63) is 33.9 Å². The van der Waals surface area contributed by atoms with Crippen LogP contribution in [0.5, 0.6) is 5.75 Å². The molecule has 1 amide bonds. The summed E-state index contributed by atoms with van der Waals surface area (Å²) in [6.07, 6.45) is 0.356. The third-order valence-corrected chi connectivity index (χ3v) is 7.75. The predicted octanol–water partition coefficient (Wildman–Crippen LogP) is 5.06. The average Bonchev–Trinajstić information content (AvgIpc) is 3.56. The number of halogens is 5. The Balaban J connectivity index is 1.97. The molecule has 1 aromatic carbocycles. The Morgan fingerprint density at radius 1 is 1.20 bits per heavy atom. The van der Waals surface area contributed by atoms with Crippen LogP contribution in [0.1, 0.15) is 65.0 Å². The quantitative estimate of drug-likeness (QED) is 0.271. The summed E-state index contributed by atoms with van der Waals surface area (Å²) in [6.45, 7) is 5.88. The van der Waals surface area contributed by atoms with E-state index in [9.17, 15) is 31.2 Å². The topological polar surface area (TPSA) is 107 Å². The van der Waals surface area contributed by atoms with E-state index in [1.165, 1.54) is 9.47 Å². The van der Waals surface area contributed by atoms with Crippen LogP contribution >= 0.6 is 0 Å². The van der Waals surface area contributed by atoms with Crippen LogP contribution < -0.4 is 20.0 Å². The van der Waals surface area contributed by atoms with E-state index in [1.54, 1.807) is 27.7 Å². The number of benzene rings is 1. The molecule has 2 fully saturated rings. The number of nitrogens with one attached hydrogen (secondary N) is 1. The van der Waals surface area contributed by atoms with Crippen LogP contribution in [0.25, 0.3) is 10.9 Å². The largest absolute Gasteiger partial charge is 0.534 e. The maximum atomic E-state index is 15.9. The van der Waals surface area contributed by atoms with E-state index in [-0.39, 0.29) is 42.7 Å². The zero-order valence-electron chi connectivity index (χ0n) is 22.3. The summed E-state index contributed by atoms with van der Waals surface area (Å²) >= 11 is 0. The Morgan fingerprint density at radius 3 is 2.38 bits per heavy atom. The van der Waals surface area contributed by atoms with Gasteiger partial charge in [0, 0.05) is 36.0 Å². The van der Waals surface area contributed by atoms with Crippen molar-refractivity contribution >= 4 is 32.8 Å². The lowest BCUT2D eigenvalue weighted by Crippen LogP contribution is -2.34. The van der Waals surface area contributed by atoms with Crippen molar-refractivity contribution in [2.75, 3.05) is 18.0 Å². The van der Waals surface area contributed by atoms with Crippen LogP contribution in [0.4, 0.5) is 32.4 Å². The number of amides is 1. The molecule has 1 aromatic heterocycles. The van der Waals surface area contributed by atoms with E-state index in [0.717, 1.165) is 6.07 Å². The van der Waals surface area contributed by atoms with Gasteiger partial charge >= 0.3 is 21.7 Å². The predicted molar refractivity (Wildman–Crippen MR) is 136 cm³/mol. The molecule has 1 unspecified atom stereocenters. The van der Waals surface area contributed by atoms with Crippen molar-refractivity contribution in [1.29, 1.82) is 0 Å². The van der Waals surface area contributed by atoms with Gasteiger partial charge in [-0.05, 0) is 46.1 Å². The van der Waals surface area contributed by atoms with Crippen molar-refractivity contribution in [2.45, 2.75) is 82.7 Å². The number of pyridine rings is 1. The molecule has 40 heavy (non-hydrogen) atoms. The number of fused-ring (bicyclic) bond motifs is 1.